The zero-order valence-electron chi connectivity index (χ0n) is 14.5. The molecular weight excluding hydrogens is 314 g/mol. The van der Waals surface area contributed by atoms with Crippen LogP contribution in [0.2, 0.25) is 0 Å². The predicted molar refractivity (Wildman–Crippen MR) is 98.5 cm³/mol. The molecule has 0 spiro atoms. The monoisotopic (exact) mass is 339 g/mol. The van der Waals surface area contributed by atoms with E-state index in [1.54, 1.807) is 12.4 Å². The number of hydrogen-bond acceptors (Lipinski definition) is 4. The van der Waals surface area contributed by atoms with Crippen LogP contribution < -0.4 is 10.1 Å². The van der Waals surface area contributed by atoms with Gasteiger partial charge in [-0.2, -0.15) is 0 Å². The van der Waals surface area contributed by atoms with Crippen LogP contribution in [0.25, 0.3) is 0 Å². The van der Waals surface area contributed by atoms with Crippen molar-refractivity contribution in [2.24, 2.45) is 0 Å². The second kappa shape index (κ2) is 9.18. The Bertz CT molecular complexity index is 670. The summed E-state index contributed by atoms with van der Waals surface area (Å²) in [5.41, 5.74) is 1.78. The molecule has 1 fully saturated rings. The number of benzene rings is 1. The second-order valence-electron chi connectivity index (χ2n) is 6.38. The van der Waals surface area contributed by atoms with Gasteiger partial charge in [0, 0.05) is 42.7 Å². The topological polar surface area (TPSA) is 54.5 Å². The van der Waals surface area contributed by atoms with Crippen LogP contribution in [0, 0.1) is 0 Å². The molecule has 0 unspecified atom stereocenters. The number of aromatic nitrogens is 1. The van der Waals surface area contributed by atoms with E-state index in [-0.39, 0.29) is 5.91 Å². The first-order valence-corrected chi connectivity index (χ1v) is 8.93. The fourth-order valence-electron chi connectivity index (χ4n) is 2.98. The Hall–Kier alpha value is -2.40. The lowest BCUT2D eigenvalue weighted by Gasteiger charge is -2.25. The van der Waals surface area contributed by atoms with E-state index in [0.29, 0.717) is 13.0 Å². The number of hydrogen-bond donors (Lipinski definition) is 1. The van der Waals surface area contributed by atoms with Gasteiger partial charge in [-0.1, -0.05) is 18.6 Å². The minimum atomic E-state index is 0.0509. The van der Waals surface area contributed by atoms with Crippen molar-refractivity contribution in [3.8, 4) is 5.75 Å². The molecule has 1 amide bonds. The minimum Gasteiger partial charge on any atom is -0.489 e. The quantitative estimate of drug-likeness (QED) is 0.839. The van der Waals surface area contributed by atoms with Crippen LogP contribution in [0.4, 0.5) is 5.69 Å². The number of nitrogens with one attached hydrogen (secondary N) is 1. The lowest BCUT2D eigenvalue weighted by Crippen LogP contribution is -2.32. The van der Waals surface area contributed by atoms with Gasteiger partial charge in [0.05, 0.1) is 0 Å². The normalized spacial score (nSPS) is 14.9. The molecule has 1 aliphatic heterocycles. The minimum absolute atomic E-state index is 0.0509. The fourth-order valence-corrected chi connectivity index (χ4v) is 2.98. The van der Waals surface area contributed by atoms with Crippen molar-refractivity contribution < 1.29 is 9.53 Å². The number of piperidine rings is 1. The molecule has 1 aliphatic rings. The smallest absolute Gasteiger partial charge is 0.225 e. The molecule has 132 valence electrons. The van der Waals surface area contributed by atoms with Gasteiger partial charge in [0.2, 0.25) is 5.91 Å². The molecular formula is C20H25N3O2. The maximum Gasteiger partial charge on any atom is 0.225 e. The molecule has 25 heavy (non-hydrogen) atoms. The van der Waals surface area contributed by atoms with Crippen molar-refractivity contribution in [1.29, 1.82) is 0 Å². The first-order valence-electron chi connectivity index (χ1n) is 8.93. The first-order chi connectivity index (χ1) is 12.3. The van der Waals surface area contributed by atoms with Crippen LogP contribution in [-0.2, 0) is 11.4 Å². The van der Waals surface area contributed by atoms with E-state index < -0.39 is 0 Å². The van der Waals surface area contributed by atoms with Crippen LogP contribution in [0.15, 0.2) is 48.8 Å². The van der Waals surface area contributed by atoms with E-state index in [9.17, 15) is 4.79 Å². The van der Waals surface area contributed by atoms with E-state index in [1.165, 1.54) is 19.3 Å². The van der Waals surface area contributed by atoms with Crippen molar-refractivity contribution in [3.05, 3.63) is 54.4 Å². The third-order valence-corrected chi connectivity index (χ3v) is 4.35. The number of anilines is 1. The Kier molecular flexibility index (Phi) is 6.40. The van der Waals surface area contributed by atoms with Crippen LogP contribution >= 0.6 is 0 Å². The highest BCUT2D eigenvalue weighted by molar-refractivity contribution is 5.91. The predicted octanol–water partition coefficient (Wildman–Crippen LogP) is 3.48. The summed E-state index contributed by atoms with van der Waals surface area (Å²) in [6.07, 6.45) is 7.86. The molecule has 0 bridgehead atoms. The number of carbonyl (C=O) groups is 1. The van der Waals surface area contributed by atoms with Crippen molar-refractivity contribution in [2.75, 3.05) is 25.0 Å². The Balaban J connectivity index is 1.46. The van der Waals surface area contributed by atoms with E-state index in [1.807, 2.05) is 36.4 Å². The van der Waals surface area contributed by atoms with E-state index in [0.717, 1.165) is 36.6 Å². The van der Waals surface area contributed by atoms with Gasteiger partial charge in [-0.05, 0) is 44.1 Å². The number of nitrogens with zero attached hydrogens (tertiary/aromatic N) is 2. The zero-order valence-corrected chi connectivity index (χ0v) is 14.5. The highest BCUT2D eigenvalue weighted by Gasteiger charge is 2.12. The Labute approximate surface area is 149 Å². The number of carbonyl (C=O) groups excluding carboxylic acids is 1. The maximum absolute atomic E-state index is 12.2. The highest BCUT2D eigenvalue weighted by atomic mass is 16.5. The average molecular weight is 339 g/mol. The van der Waals surface area contributed by atoms with Crippen molar-refractivity contribution >= 4 is 11.6 Å². The molecule has 1 aromatic heterocycles. The summed E-state index contributed by atoms with van der Waals surface area (Å²) >= 11 is 0. The highest BCUT2D eigenvalue weighted by Crippen LogP contribution is 2.19. The van der Waals surface area contributed by atoms with Gasteiger partial charge >= 0.3 is 0 Å². The van der Waals surface area contributed by atoms with Gasteiger partial charge in [0.1, 0.15) is 12.4 Å². The molecule has 5 nitrogen and oxygen atoms in total. The molecule has 0 aliphatic carbocycles. The zero-order chi connectivity index (χ0) is 17.3. The molecule has 0 saturated carbocycles. The van der Waals surface area contributed by atoms with E-state index in [4.69, 9.17) is 4.74 Å². The first kappa shape index (κ1) is 17.4. The van der Waals surface area contributed by atoms with Crippen molar-refractivity contribution in [3.63, 3.8) is 0 Å². The molecule has 0 radical (unpaired) electrons. The number of pyridine rings is 1. The molecule has 3 rings (SSSR count). The standard InChI is InChI=1S/C20H25N3O2/c24-20(9-13-23-11-2-1-3-12-23)22-18-7-4-8-19(14-18)25-16-17-6-5-10-21-15-17/h4-8,10,14-15H,1-3,9,11-13,16H2,(H,22,24). The Morgan fingerprint density at radius 1 is 1.16 bits per heavy atom. The van der Waals surface area contributed by atoms with Gasteiger partial charge < -0.3 is 15.0 Å². The van der Waals surface area contributed by atoms with Gasteiger partial charge in [0.15, 0.2) is 0 Å². The lowest BCUT2D eigenvalue weighted by molar-refractivity contribution is -0.116. The molecule has 0 atom stereocenters. The summed E-state index contributed by atoms with van der Waals surface area (Å²) in [5, 5.41) is 2.96. The summed E-state index contributed by atoms with van der Waals surface area (Å²) < 4.78 is 5.77. The number of likely N-dealkylation sites (tertiary alicyclic amines) is 1. The summed E-state index contributed by atoms with van der Waals surface area (Å²) in [4.78, 5) is 18.6. The van der Waals surface area contributed by atoms with Gasteiger partial charge in [-0.25, -0.2) is 0 Å². The van der Waals surface area contributed by atoms with Gasteiger partial charge in [0.25, 0.3) is 0 Å². The van der Waals surface area contributed by atoms with Crippen LogP contribution in [0.3, 0.4) is 0 Å². The molecule has 1 saturated heterocycles. The number of rotatable bonds is 7. The molecule has 5 heteroatoms. The average Bonchev–Trinajstić information content (AvgIpc) is 2.67. The third kappa shape index (κ3) is 5.87. The van der Waals surface area contributed by atoms with Crippen molar-refractivity contribution in [2.45, 2.75) is 32.3 Å². The Morgan fingerprint density at radius 3 is 2.84 bits per heavy atom. The maximum atomic E-state index is 12.2. The molecule has 1 aromatic carbocycles. The summed E-state index contributed by atoms with van der Waals surface area (Å²) in [6.45, 7) is 3.53. The van der Waals surface area contributed by atoms with Gasteiger partial charge in [-0.15, -0.1) is 0 Å². The van der Waals surface area contributed by atoms with E-state index in [2.05, 4.69) is 15.2 Å². The molecule has 2 aromatic rings. The number of ether oxygens (including phenoxy) is 1. The summed E-state index contributed by atoms with van der Waals surface area (Å²) in [6, 6.07) is 11.4. The lowest BCUT2D eigenvalue weighted by atomic mass is 10.1. The van der Waals surface area contributed by atoms with Crippen LogP contribution in [0.1, 0.15) is 31.2 Å². The van der Waals surface area contributed by atoms with Crippen LogP contribution in [0.5, 0.6) is 5.75 Å². The molecule has 2 heterocycles. The summed E-state index contributed by atoms with van der Waals surface area (Å²) in [7, 11) is 0. The van der Waals surface area contributed by atoms with Crippen molar-refractivity contribution in [1.82, 2.24) is 9.88 Å². The largest absolute Gasteiger partial charge is 0.489 e. The molecule has 1 N–H and O–H groups in total. The van der Waals surface area contributed by atoms with E-state index >= 15 is 0 Å². The summed E-state index contributed by atoms with van der Waals surface area (Å²) in [5.74, 6) is 0.785. The van der Waals surface area contributed by atoms with Crippen LogP contribution in [-0.4, -0.2) is 35.4 Å². The second-order valence-corrected chi connectivity index (χ2v) is 6.38. The SMILES string of the molecule is O=C(CCN1CCCCC1)Nc1cccc(OCc2cccnc2)c1. The number of amides is 1. The Morgan fingerprint density at radius 2 is 2.04 bits per heavy atom. The van der Waals surface area contributed by atoms with Gasteiger partial charge in [-0.3, -0.25) is 9.78 Å². The third-order valence-electron chi connectivity index (χ3n) is 4.35. The fraction of sp³-hybridized carbons (Fsp3) is 0.400.